The van der Waals surface area contributed by atoms with Gasteiger partial charge in [-0.3, -0.25) is 4.79 Å². The highest BCUT2D eigenvalue weighted by Crippen LogP contribution is 2.32. The van der Waals surface area contributed by atoms with Crippen molar-refractivity contribution in [1.29, 1.82) is 0 Å². The Bertz CT molecular complexity index is 1040. The second-order valence-corrected chi connectivity index (χ2v) is 8.05. The summed E-state index contributed by atoms with van der Waals surface area (Å²) in [5.41, 5.74) is 2.70. The van der Waals surface area contributed by atoms with E-state index in [1.165, 1.54) is 11.8 Å². The van der Waals surface area contributed by atoms with Gasteiger partial charge in [0.25, 0.3) is 0 Å². The Morgan fingerprint density at radius 3 is 2.59 bits per heavy atom. The number of benzene rings is 2. The molecule has 0 aliphatic rings. The molecule has 3 aromatic rings. The first kappa shape index (κ1) is 21.2. The van der Waals surface area contributed by atoms with Gasteiger partial charge in [-0.15, -0.1) is 10.2 Å². The van der Waals surface area contributed by atoms with Gasteiger partial charge in [0.15, 0.2) is 22.5 Å². The lowest BCUT2D eigenvalue weighted by molar-refractivity contribution is -0.113. The molecule has 0 saturated carbocycles. The Hall–Kier alpha value is -2.52. The van der Waals surface area contributed by atoms with Crippen LogP contribution in [0.5, 0.6) is 11.5 Å². The number of carbonyl (C=O) groups is 1. The standard InChI is InChI=1S/C20H21BrN4O3S/c1-12-5-7-15(14(21)9-12)22-18(26)11-29-20-24-23-19(25(20)2)13-6-8-16(27-3)17(10-13)28-4/h5-10H,11H2,1-4H3,(H,22,26). The van der Waals surface area contributed by atoms with E-state index in [4.69, 9.17) is 9.47 Å². The molecule has 0 aliphatic carbocycles. The van der Waals surface area contributed by atoms with Crippen LogP contribution >= 0.6 is 27.7 Å². The van der Waals surface area contributed by atoms with Crippen LogP contribution in [0.4, 0.5) is 5.69 Å². The summed E-state index contributed by atoms with van der Waals surface area (Å²) in [6.07, 6.45) is 0. The number of methoxy groups -OCH3 is 2. The molecule has 0 radical (unpaired) electrons. The molecule has 0 aliphatic heterocycles. The number of aromatic nitrogens is 3. The van der Waals surface area contributed by atoms with E-state index in [1.807, 2.05) is 54.9 Å². The van der Waals surface area contributed by atoms with E-state index in [0.717, 1.165) is 21.3 Å². The number of carbonyl (C=O) groups excluding carboxylic acids is 1. The molecule has 29 heavy (non-hydrogen) atoms. The van der Waals surface area contributed by atoms with Gasteiger partial charge < -0.3 is 19.4 Å². The second-order valence-electron chi connectivity index (χ2n) is 6.26. The number of hydrogen-bond acceptors (Lipinski definition) is 6. The van der Waals surface area contributed by atoms with Crippen LogP contribution in [0.1, 0.15) is 5.56 Å². The van der Waals surface area contributed by atoms with E-state index in [9.17, 15) is 4.79 Å². The summed E-state index contributed by atoms with van der Waals surface area (Å²) in [7, 11) is 5.04. The Morgan fingerprint density at radius 1 is 1.14 bits per heavy atom. The molecule has 0 unspecified atom stereocenters. The van der Waals surface area contributed by atoms with Crippen LogP contribution in [0, 0.1) is 6.92 Å². The van der Waals surface area contributed by atoms with E-state index in [2.05, 4.69) is 31.4 Å². The first-order valence-electron chi connectivity index (χ1n) is 8.73. The monoisotopic (exact) mass is 476 g/mol. The third-order valence-electron chi connectivity index (χ3n) is 4.21. The quantitative estimate of drug-likeness (QED) is 0.512. The number of nitrogens with zero attached hydrogens (tertiary/aromatic N) is 3. The van der Waals surface area contributed by atoms with Crippen molar-refractivity contribution in [3.63, 3.8) is 0 Å². The Morgan fingerprint density at radius 2 is 1.90 bits per heavy atom. The van der Waals surface area contributed by atoms with Crippen molar-refractivity contribution in [2.24, 2.45) is 7.05 Å². The molecule has 0 atom stereocenters. The summed E-state index contributed by atoms with van der Waals surface area (Å²) < 4.78 is 13.3. The molecule has 1 heterocycles. The maximum absolute atomic E-state index is 12.3. The summed E-state index contributed by atoms with van der Waals surface area (Å²) in [4.78, 5) is 12.3. The van der Waals surface area contributed by atoms with Gasteiger partial charge in [0.05, 0.1) is 25.7 Å². The summed E-state index contributed by atoms with van der Waals surface area (Å²) in [5, 5.41) is 12.0. The van der Waals surface area contributed by atoms with Crippen LogP contribution in [0.2, 0.25) is 0 Å². The molecule has 7 nitrogen and oxygen atoms in total. The first-order valence-corrected chi connectivity index (χ1v) is 10.5. The largest absolute Gasteiger partial charge is 0.493 e. The van der Waals surface area contributed by atoms with E-state index >= 15 is 0 Å². The lowest BCUT2D eigenvalue weighted by Crippen LogP contribution is -2.14. The van der Waals surface area contributed by atoms with Gasteiger partial charge >= 0.3 is 0 Å². The van der Waals surface area contributed by atoms with Crippen LogP contribution in [-0.2, 0) is 11.8 Å². The summed E-state index contributed by atoms with van der Waals surface area (Å²) in [6, 6.07) is 11.3. The summed E-state index contributed by atoms with van der Waals surface area (Å²) in [6.45, 7) is 2.00. The van der Waals surface area contributed by atoms with Crippen molar-refractivity contribution >= 4 is 39.3 Å². The molecule has 1 aromatic heterocycles. The highest BCUT2D eigenvalue weighted by molar-refractivity contribution is 9.10. The summed E-state index contributed by atoms with van der Waals surface area (Å²) in [5.74, 6) is 2.04. The number of nitrogens with one attached hydrogen (secondary N) is 1. The van der Waals surface area contributed by atoms with Crippen molar-refractivity contribution in [1.82, 2.24) is 14.8 Å². The Labute approximate surface area is 181 Å². The van der Waals surface area contributed by atoms with Crippen LogP contribution in [0.3, 0.4) is 0 Å². The minimum absolute atomic E-state index is 0.116. The van der Waals surface area contributed by atoms with Gasteiger partial charge in [0, 0.05) is 17.1 Å². The van der Waals surface area contributed by atoms with Crippen LogP contribution in [0.25, 0.3) is 11.4 Å². The van der Waals surface area contributed by atoms with Crippen molar-refractivity contribution in [2.75, 3.05) is 25.3 Å². The number of amides is 1. The van der Waals surface area contributed by atoms with Crippen molar-refractivity contribution < 1.29 is 14.3 Å². The fourth-order valence-electron chi connectivity index (χ4n) is 2.71. The highest BCUT2D eigenvalue weighted by atomic mass is 79.9. The highest BCUT2D eigenvalue weighted by Gasteiger charge is 2.15. The number of anilines is 1. The maximum atomic E-state index is 12.3. The number of hydrogen-bond donors (Lipinski definition) is 1. The van der Waals surface area contributed by atoms with E-state index < -0.39 is 0 Å². The molecular formula is C20H21BrN4O3S. The third-order valence-corrected chi connectivity index (χ3v) is 5.88. The molecule has 0 saturated heterocycles. The zero-order valence-electron chi connectivity index (χ0n) is 16.5. The Balaban J connectivity index is 1.69. The predicted molar refractivity (Wildman–Crippen MR) is 118 cm³/mol. The SMILES string of the molecule is COc1ccc(-c2nnc(SCC(=O)Nc3ccc(C)cc3Br)n2C)cc1OC. The van der Waals surface area contributed by atoms with E-state index in [0.29, 0.717) is 22.5 Å². The lowest BCUT2D eigenvalue weighted by atomic mass is 10.2. The molecule has 0 bridgehead atoms. The zero-order valence-corrected chi connectivity index (χ0v) is 18.9. The fourth-order valence-corrected chi connectivity index (χ4v) is 4.01. The van der Waals surface area contributed by atoms with Gasteiger partial charge in [0.2, 0.25) is 5.91 Å². The molecule has 0 fully saturated rings. The molecule has 3 rings (SSSR count). The topological polar surface area (TPSA) is 78.3 Å². The Kier molecular flexibility index (Phi) is 6.81. The van der Waals surface area contributed by atoms with Crippen molar-refractivity contribution in [3.8, 4) is 22.9 Å². The molecular weight excluding hydrogens is 456 g/mol. The molecule has 1 N–H and O–H groups in total. The first-order chi connectivity index (χ1) is 13.9. The number of ether oxygens (including phenoxy) is 2. The molecule has 152 valence electrons. The van der Waals surface area contributed by atoms with Crippen LogP contribution < -0.4 is 14.8 Å². The number of rotatable bonds is 7. The molecule has 9 heteroatoms. The predicted octanol–water partition coefficient (Wildman–Crippen LogP) is 4.30. The third kappa shape index (κ3) is 4.91. The van der Waals surface area contributed by atoms with E-state index in [1.54, 1.807) is 14.2 Å². The summed E-state index contributed by atoms with van der Waals surface area (Å²) >= 11 is 4.79. The number of thioether (sulfide) groups is 1. The normalized spacial score (nSPS) is 10.7. The van der Waals surface area contributed by atoms with Gasteiger partial charge in [0.1, 0.15) is 0 Å². The van der Waals surface area contributed by atoms with E-state index in [-0.39, 0.29) is 11.7 Å². The molecule has 1 amide bonds. The minimum Gasteiger partial charge on any atom is -0.493 e. The molecule has 2 aromatic carbocycles. The van der Waals surface area contributed by atoms with Crippen LogP contribution in [0.15, 0.2) is 46.0 Å². The van der Waals surface area contributed by atoms with Gasteiger partial charge in [-0.2, -0.15) is 0 Å². The number of aryl methyl sites for hydroxylation is 1. The van der Waals surface area contributed by atoms with Crippen LogP contribution in [-0.4, -0.2) is 40.6 Å². The maximum Gasteiger partial charge on any atom is 0.234 e. The minimum atomic E-state index is -0.116. The smallest absolute Gasteiger partial charge is 0.234 e. The zero-order chi connectivity index (χ0) is 21.0. The van der Waals surface area contributed by atoms with Gasteiger partial charge in [-0.1, -0.05) is 17.8 Å². The van der Waals surface area contributed by atoms with Gasteiger partial charge in [-0.25, -0.2) is 0 Å². The van der Waals surface area contributed by atoms with Gasteiger partial charge in [-0.05, 0) is 58.7 Å². The van der Waals surface area contributed by atoms with Crippen molar-refractivity contribution in [3.05, 3.63) is 46.4 Å². The fraction of sp³-hybridized carbons (Fsp3) is 0.250. The molecule has 0 spiro atoms. The number of halogens is 1. The van der Waals surface area contributed by atoms with Crippen molar-refractivity contribution in [2.45, 2.75) is 12.1 Å². The lowest BCUT2D eigenvalue weighted by Gasteiger charge is -2.10. The average molecular weight is 477 g/mol. The second kappa shape index (κ2) is 9.32. The average Bonchev–Trinajstić information content (AvgIpc) is 3.08.